The van der Waals surface area contributed by atoms with E-state index in [1.165, 1.54) is 44.4 Å². The Hall–Kier alpha value is 1.88. The van der Waals surface area contributed by atoms with Crippen molar-refractivity contribution in [3.8, 4) is 0 Å². The van der Waals surface area contributed by atoms with Crippen LogP contribution in [-0.2, 0) is 0 Å². The van der Waals surface area contributed by atoms with Gasteiger partial charge in [-0.05, 0) is 0 Å². The Labute approximate surface area is 96.2 Å². The van der Waals surface area contributed by atoms with Gasteiger partial charge in [-0.25, -0.2) is 0 Å². The van der Waals surface area contributed by atoms with Gasteiger partial charge >= 0.3 is 97.3 Å². The summed E-state index contributed by atoms with van der Waals surface area (Å²) in [5, 5.41) is 0. The first-order valence-corrected chi connectivity index (χ1v) is 4.47. The van der Waals surface area contributed by atoms with E-state index in [1.807, 2.05) is 0 Å². The van der Waals surface area contributed by atoms with Gasteiger partial charge in [-0.1, -0.05) is 0 Å². The van der Waals surface area contributed by atoms with Gasteiger partial charge in [0, 0.05) is 0 Å². The third-order valence-electron chi connectivity index (χ3n) is 0.994. The zero-order valence-corrected chi connectivity index (χ0v) is 10.3. The van der Waals surface area contributed by atoms with Crippen molar-refractivity contribution in [1.82, 2.24) is 11.0 Å². The molecule has 0 saturated carbocycles. The Kier molecular flexibility index (Phi) is 18.8. The first kappa shape index (κ1) is 13.5. The van der Waals surface area contributed by atoms with Crippen molar-refractivity contribution in [1.29, 1.82) is 0 Å². The second kappa shape index (κ2) is 12.5. The van der Waals surface area contributed by atoms with Gasteiger partial charge < -0.3 is 0 Å². The van der Waals surface area contributed by atoms with Crippen LogP contribution in [0.4, 0.5) is 0 Å². The minimum atomic E-state index is 0. The quantitative estimate of drug-likeness (QED) is 0.255. The summed E-state index contributed by atoms with van der Waals surface area (Å²) < 4.78 is 1.37. The number of hydrogen-bond donors (Lipinski definition) is 2. The molecule has 0 aliphatic heterocycles. The average Bonchev–Trinajstić information content (AvgIpc) is 1.81. The average molecular weight is 147 g/mol. The second-order valence-electron chi connectivity index (χ2n) is 1.76. The van der Waals surface area contributed by atoms with Crippen LogP contribution in [0.5, 0.6) is 0 Å². The van der Waals surface area contributed by atoms with Gasteiger partial charge in [0.05, 0.1) is 0 Å². The Balaban J connectivity index is 0. The molecule has 0 spiro atoms. The van der Waals surface area contributed by atoms with E-state index in [1.54, 1.807) is 0 Å². The topological polar surface area (TPSA) is 47.9 Å². The summed E-state index contributed by atoms with van der Waals surface area (Å²) in [6, 6.07) is 0. The fourth-order valence-corrected chi connectivity index (χ4v) is 1.03. The molecular weight excluding hydrogens is 136 g/mol. The van der Waals surface area contributed by atoms with Gasteiger partial charge in [-0.3, -0.25) is 0 Å². The molecule has 9 heavy (non-hydrogen) atoms. The Morgan fingerprint density at radius 2 is 2.00 bits per heavy atom. The third kappa shape index (κ3) is 13.0. The molecule has 0 atom stereocenters. The smallest absolute Gasteiger partial charge is 1.00 e. The standard InChI is InChI=1S/C4H11N3.2Na/c1-2-3-4-6-7-5;;/h5-7H,1-4H2;;/q-1;;+1. The Morgan fingerprint density at radius 1 is 1.33 bits per heavy atom. The number of hydrogen-bond acceptors (Lipinski definition) is 2. The van der Waals surface area contributed by atoms with Gasteiger partial charge in [-0.2, -0.15) is 0 Å². The van der Waals surface area contributed by atoms with Gasteiger partial charge in [0.25, 0.3) is 0 Å². The number of nitrogens with one attached hydrogen (secondary N) is 3. The van der Waals surface area contributed by atoms with Crippen molar-refractivity contribution in [3.05, 3.63) is 5.84 Å². The summed E-state index contributed by atoms with van der Waals surface area (Å²) in [6.45, 7) is 0.922. The minimum Gasteiger partial charge on any atom is 1.00 e. The van der Waals surface area contributed by atoms with Crippen molar-refractivity contribution >= 4 is 27.9 Å². The van der Waals surface area contributed by atoms with Crippen molar-refractivity contribution in [3.63, 3.8) is 0 Å². The molecule has 0 aromatic rings. The fourth-order valence-electron chi connectivity index (χ4n) is 0.526. The van der Waals surface area contributed by atoms with E-state index in [9.17, 15) is 0 Å². The van der Waals surface area contributed by atoms with Crippen molar-refractivity contribution < 1.29 is 29.6 Å². The molecule has 0 aliphatic rings. The molecule has 44 valence electrons. The summed E-state index contributed by atoms with van der Waals surface area (Å²) >= 11 is 1.31. The van der Waals surface area contributed by atoms with Gasteiger partial charge in [0.2, 0.25) is 0 Å². The monoisotopic (exact) mass is 147 g/mol. The Bertz CT molecular complexity index is 38.8. The summed E-state index contributed by atoms with van der Waals surface area (Å²) in [6.07, 6.45) is 2.50. The molecule has 0 aliphatic carbocycles. The second-order valence-corrected chi connectivity index (χ2v) is 2.76. The molecule has 0 heterocycles. The number of hydrazine groups is 1. The predicted molar refractivity (Wildman–Crippen MR) is 35.3 cm³/mol. The molecular formula is C4H11N3Na2. The van der Waals surface area contributed by atoms with Crippen molar-refractivity contribution in [2.24, 2.45) is 0 Å². The van der Waals surface area contributed by atoms with E-state index in [-0.39, 0.29) is 29.6 Å². The molecule has 0 aromatic heterocycles. The molecule has 0 unspecified atom stereocenters. The molecule has 3 nitrogen and oxygen atoms in total. The minimum absolute atomic E-state index is 0. The summed E-state index contributed by atoms with van der Waals surface area (Å²) in [4.78, 5) is 0. The van der Waals surface area contributed by atoms with Crippen molar-refractivity contribution in [2.75, 3.05) is 6.54 Å². The number of rotatable bonds is 5. The summed E-state index contributed by atoms with van der Waals surface area (Å²) in [5.41, 5.74) is 4.85. The van der Waals surface area contributed by atoms with Gasteiger partial charge in [0.1, 0.15) is 0 Å². The van der Waals surface area contributed by atoms with E-state index in [2.05, 4.69) is 11.0 Å². The molecule has 0 rings (SSSR count). The van der Waals surface area contributed by atoms with Crippen LogP contribution >= 0.6 is 0 Å². The maximum absolute atomic E-state index is 6.49. The van der Waals surface area contributed by atoms with Gasteiger partial charge in [0.15, 0.2) is 0 Å². The summed E-state index contributed by atoms with van der Waals surface area (Å²) in [5.74, 6) is 6.49. The molecule has 0 radical (unpaired) electrons. The van der Waals surface area contributed by atoms with Crippen LogP contribution in [0.15, 0.2) is 0 Å². The molecule has 3 N–H and O–H groups in total. The molecule has 5 heteroatoms. The van der Waals surface area contributed by atoms with Crippen LogP contribution in [0.3, 0.4) is 0 Å². The van der Waals surface area contributed by atoms with E-state index in [0.717, 1.165) is 6.54 Å². The van der Waals surface area contributed by atoms with Gasteiger partial charge in [-0.15, -0.1) is 0 Å². The summed E-state index contributed by atoms with van der Waals surface area (Å²) in [7, 11) is 0. The van der Waals surface area contributed by atoms with E-state index < -0.39 is 0 Å². The first-order valence-electron chi connectivity index (χ1n) is 3.06. The van der Waals surface area contributed by atoms with Crippen molar-refractivity contribution in [2.45, 2.75) is 16.5 Å². The first-order chi connectivity index (χ1) is 3.91. The van der Waals surface area contributed by atoms with E-state index in [4.69, 9.17) is 5.84 Å². The molecule has 0 fully saturated rings. The fraction of sp³-hybridized carbons (Fsp3) is 1.00. The Morgan fingerprint density at radius 3 is 2.44 bits per heavy atom. The number of unbranched alkanes of at least 4 members (excludes halogenated alkanes) is 1. The van der Waals surface area contributed by atoms with Crippen LogP contribution in [0.2, 0.25) is 3.67 Å². The van der Waals surface area contributed by atoms with Crippen LogP contribution in [0.25, 0.3) is 5.84 Å². The van der Waals surface area contributed by atoms with Crippen LogP contribution in [0.1, 0.15) is 12.8 Å². The zero-order valence-electron chi connectivity index (χ0n) is 6.33. The van der Waals surface area contributed by atoms with Crippen LogP contribution in [0, 0.1) is 0 Å². The van der Waals surface area contributed by atoms with Crippen LogP contribution < -0.4 is 40.5 Å². The normalized spacial score (nSPS) is 8.78. The third-order valence-corrected chi connectivity index (χ3v) is 1.70. The van der Waals surface area contributed by atoms with Crippen LogP contribution in [-0.4, -0.2) is 34.5 Å². The SMILES string of the molecule is [NH-]NNCCC[CH2][Na].[Na+]. The molecule has 0 bridgehead atoms. The van der Waals surface area contributed by atoms with E-state index in [0.29, 0.717) is 0 Å². The molecule has 0 saturated heterocycles. The largest absolute Gasteiger partial charge is 1.00 e. The maximum Gasteiger partial charge on any atom is 1.00 e. The molecule has 0 aromatic carbocycles. The zero-order chi connectivity index (χ0) is 6.24. The maximum atomic E-state index is 6.49. The molecule has 0 amide bonds. The van der Waals surface area contributed by atoms with E-state index >= 15 is 0 Å². The predicted octanol–water partition coefficient (Wildman–Crippen LogP) is -2.58.